The van der Waals surface area contributed by atoms with E-state index in [9.17, 15) is 8.42 Å². The Balaban J connectivity index is 1.83. The summed E-state index contributed by atoms with van der Waals surface area (Å²) in [6.07, 6.45) is 6.68. The molecular weight excluding hydrogens is 440 g/mol. The third-order valence-corrected chi connectivity index (χ3v) is 7.44. The van der Waals surface area contributed by atoms with Gasteiger partial charge in [-0.15, -0.1) is 6.58 Å². The number of aromatic nitrogens is 4. The van der Waals surface area contributed by atoms with Gasteiger partial charge in [-0.2, -0.15) is 0 Å². The van der Waals surface area contributed by atoms with Crippen LogP contribution < -0.4 is 0 Å². The Bertz CT molecular complexity index is 1460. The smallest absolute Gasteiger partial charge is 0.192 e. The first-order valence-corrected chi connectivity index (χ1v) is 12.8. The van der Waals surface area contributed by atoms with Gasteiger partial charge in [0.1, 0.15) is 11.4 Å². The van der Waals surface area contributed by atoms with Gasteiger partial charge in [0.2, 0.25) is 0 Å². The summed E-state index contributed by atoms with van der Waals surface area (Å²) in [7, 11) is -3.47. The van der Waals surface area contributed by atoms with E-state index >= 15 is 0 Å². The highest BCUT2D eigenvalue weighted by molar-refractivity contribution is 7.90. The maximum Gasteiger partial charge on any atom is 0.192 e. The number of sulfone groups is 1. The lowest BCUT2D eigenvalue weighted by atomic mass is 9.91. The molecule has 1 aliphatic heterocycles. The van der Waals surface area contributed by atoms with Crippen LogP contribution in [-0.4, -0.2) is 47.6 Å². The van der Waals surface area contributed by atoms with Crippen LogP contribution in [0.15, 0.2) is 46.6 Å². The molecular formula is C24H26N4O4S. The first-order chi connectivity index (χ1) is 15.8. The van der Waals surface area contributed by atoms with E-state index < -0.39 is 9.84 Å². The minimum atomic E-state index is -3.47. The number of allylic oxidation sites excluding steroid dienone is 1. The Morgan fingerprint density at radius 1 is 1.24 bits per heavy atom. The largest absolute Gasteiger partial charge is 0.381 e. The lowest BCUT2D eigenvalue weighted by Gasteiger charge is -2.30. The summed E-state index contributed by atoms with van der Waals surface area (Å²) in [4.78, 5) is 9.38. The predicted octanol–water partition coefficient (Wildman–Crippen LogP) is 4.41. The molecule has 1 atom stereocenters. The fourth-order valence-electron chi connectivity index (χ4n) is 4.86. The zero-order chi connectivity index (χ0) is 23.3. The molecule has 5 rings (SSSR count). The molecule has 0 aromatic carbocycles. The normalized spacial score (nSPS) is 16.5. The quantitative estimate of drug-likeness (QED) is 0.402. The Kier molecular flexibility index (Phi) is 5.33. The molecule has 33 heavy (non-hydrogen) atoms. The molecule has 0 bridgehead atoms. The Morgan fingerprint density at radius 3 is 2.64 bits per heavy atom. The average Bonchev–Trinajstić information content (AvgIpc) is 3.30. The average molecular weight is 467 g/mol. The van der Waals surface area contributed by atoms with Crippen molar-refractivity contribution in [3.8, 4) is 11.1 Å². The monoisotopic (exact) mass is 466 g/mol. The van der Waals surface area contributed by atoms with Gasteiger partial charge in [-0.25, -0.2) is 13.4 Å². The highest BCUT2D eigenvalue weighted by Crippen LogP contribution is 2.38. The van der Waals surface area contributed by atoms with Gasteiger partial charge in [0.05, 0.1) is 22.8 Å². The summed E-state index contributed by atoms with van der Waals surface area (Å²) < 4.78 is 37.6. The molecule has 0 N–H and O–H groups in total. The van der Waals surface area contributed by atoms with Crippen LogP contribution in [0.1, 0.15) is 30.3 Å². The van der Waals surface area contributed by atoms with Crippen LogP contribution in [0.5, 0.6) is 0 Å². The molecule has 0 amide bonds. The van der Waals surface area contributed by atoms with E-state index in [2.05, 4.69) is 27.4 Å². The number of nitrogens with zero attached hydrogens (tertiary/aromatic N) is 4. The van der Waals surface area contributed by atoms with Crippen LogP contribution in [0.25, 0.3) is 33.2 Å². The van der Waals surface area contributed by atoms with E-state index in [0.717, 1.165) is 51.8 Å². The number of aryl methyl sites for hydroxylation is 2. The number of pyridine rings is 2. The van der Waals surface area contributed by atoms with Crippen molar-refractivity contribution in [2.24, 2.45) is 5.92 Å². The topological polar surface area (TPSA) is 100 Å². The molecule has 4 aromatic heterocycles. The molecule has 1 fully saturated rings. The molecule has 9 heteroatoms. The number of hydrogen-bond donors (Lipinski definition) is 0. The number of hydrogen-bond acceptors (Lipinski definition) is 7. The molecule has 4 aromatic rings. The van der Waals surface area contributed by atoms with E-state index in [0.29, 0.717) is 24.8 Å². The van der Waals surface area contributed by atoms with Crippen molar-refractivity contribution in [3.05, 3.63) is 48.5 Å². The van der Waals surface area contributed by atoms with Gasteiger partial charge in [-0.3, -0.25) is 4.98 Å². The molecule has 0 unspecified atom stereocenters. The maximum atomic E-state index is 12.3. The van der Waals surface area contributed by atoms with Gasteiger partial charge in [0, 0.05) is 42.2 Å². The van der Waals surface area contributed by atoms with Crippen LogP contribution >= 0.6 is 0 Å². The summed E-state index contributed by atoms with van der Waals surface area (Å²) in [6, 6.07) is 5.32. The lowest BCUT2D eigenvalue weighted by molar-refractivity contribution is 0.0561. The minimum absolute atomic E-state index is 0.0415. The molecule has 0 aliphatic carbocycles. The zero-order valence-corrected chi connectivity index (χ0v) is 19.7. The third-order valence-electron chi connectivity index (χ3n) is 6.45. The summed E-state index contributed by atoms with van der Waals surface area (Å²) in [5.41, 5.74) is 4.82. The van der Waals surface area contributed by atoms with E-state index in [1.807, 2.05) is 19.9 Å². The maximum absolute atomic E-state index is 12.3. The van der Waals surface area contributed by atoms with Crippen molar-refractivity contribution in [3.63, 3.8) is 0 Å². The predicted molar refractivity (Wildman–Crippen MR) is 126 cm³/mol. The second kappa shape index (κ2) is 8.07. The van der Waals surface area contributed by atoms with E-state index in [-0.39, 0.29) is 11.1 Å². The van der Waals surface area contributed by atoms with Crippen molar-refractivity contribution in [2.45, 2.75) is 37.8 Å². The summed E-state index contributed by atoms with van der Waals surface area (Å²) in [5.74, 6) is 1.01. The van der Waals surface area contributed by atoms with E-state index in [4.69, 9.17) is 14.2 Å². The number of rotatable bonds is 5. The van der Waals surface area contributed by atoms with Gasteiger partial charge in [0.25, 0.3) is 0 Å². The lowest BCUT2D eigenvalue weighted by Crippen LogP contribution is -2.25. The van der Waals surface area contributed by atoms with Gasteiger partial charge in [0.15, 0.2) is 14.9 Å². The molecule has 0 radical (unpaired) electrons. The highest BCUT2D eigenvalue weighted by Gasteiger charge is 2.28. The number of ether oxygens (including phenoxy) is 1. The molecule has 172 valence electrons. The first kappa shape index (κ1) is 21.8. The van der Waals surface area contributed by atoms with Crippen molar-refractivity contribution < 1.29 is 17.7 Å². The van der Waals surface area contributed by atoms with Crippen molar-refractivity contribution in [1.82, 2.24) is 19.7 Å². The molecule has 0 saturated carbocycles. The zero-order valence-electron chi connectivity index (χ0n) is 18.9. The Labute approximate surface area is 192 Å². The Morgan fingerprint density at radius 2 is 2.00 bits per heavy atom. The van der Waals surface area contributed by atoms with Crippen LogP contribution in [0.2, 0.25) is 0 Å². The van der Waals surface area contributed by atoms with Gasteiger partial charge < -0.3 is 13.8 Å². The molecule has 0 spiro atoms. The van der Waals surface area contributed by atoms with Crippen LogP contribution in [-0.2, 0) is 14.6 Å². The van der Waals surface area contributed by atoms with E-state index in [1.165, 1.54) is 6.26 Å². The van der Waals surface area contributed by atoms with Crippen LogP contribution in [0, 0.1) is 19.8 Å². The second-order valence-corrected chi connectivity index (χ2v) is 10.6. The third kappa shape index (κ3) is 3.65. The Hall–Kier alpha value is -3.04. The standard InChI is InChI=1S/C24H26N4O4S/c1-5-19(16-8-10-31-11-9-16)28-20-12-17(22-14(2)27-32-15(22)3)13-25-23(20)18-6-7-21(26-24(18)28)33(4,29)30/h5-7,12-13,16,19H,1,8-11H2,2-4H3/t19-/m1/s1. The van der Waals surface area contributed by atoms with Crippen LogP contribution in [0.3, 0.4) is 0 Å². The highest BCUT2D eigenvalue weighted by atomic mass is 32.2. The molecule has 1 aliphatic rings. The SMILES string of the molecule is C=C[C@H](C1CCOCC1)n1c2cc(-c3c(C)noc3C)cnc2c2ccc(S(C)(=O)=O)nc21. The molecule has 1 saturated heterocycles. The molecule has 8 nitrogen and oxygen atoms in total. The van der Waals surface area contributed by atoms with Crippen molar-refractivity contribution in [1.29, 1.82) is 0 Å². The van der Waals surface area contributed by atoms with Crippen LogP contribution in [0.4, 0.5) is 0 Å². The fourth-order valence-corrected chi connectivity index (χ4v) is 5.43. The van der Waals surface area contributed by atoms with E-state index in [1.54, 1.807) is 18.3 Å². The van der Waals surface area contributed by atoms with Crippen molar-refractivity contribution in [2.75, 3.05) is 19.5 Å². The molecule has 5 heterocycles. The van der Waals surface area contributed by atoms with Gasteiger partial charge in [-0.1, -0.05) is 11.2 Å². The number of fused-ring (bicyclic) bond motifs is 3. The van der Waals surface area contributed by atoms with Gasteiger partial charge >= 0.3 is 0 Å². The van der Waals surface area contributed by atoms with Crippen molar-refractivity contribution >= 4 is 31.9 Å². The fraction of sp³-hybridized carbons (Fsp3) is 0.375. The summed E-state index contributed by atoms with van der Waals surface area (Å²) in [6.45, 7) is 9.29. The summed E-state index contributed by atoms with van der Waals surface area (Å²) >= 11 is 0. The second-order valence-electron chi connectivity index (χ2n) is 8.63. The first-order valence-electron chi connectivity index (χ1n) is 10.9. The summed E-state index contributed by atoms with van der Waals surface area (Å²) in [5, 5.41) is 4.93. The minimum Gasteiger partial charge on any atom is -0.381 e. The van der Waals surface area contributed by atoms with Gasteiger partial charge in [-0.05, 0) is 50.8 Å².